The molecule has 30 heavy (non-hydrogen) atoms. The van der Waals surface area contributed by atoms with Gasteiger partial charge in [0.05, 0.1) is 29.2 Å². The van der Waals surface area contributed by atoms with Crippen LogP contribution in [0, 0.1) is 17.8 Å². The van der Waals surface area contributed by atoms with Gasteiger partial charge in [-0.2, -0.15) is 0 Å². The molecule has 3 amide bonds. The van der Waals surface area contributed by atoms with E-state index in [2.05, 4.69) is 17.6 Å². The first-order chi connectivity index (χ1) is 14.4. The minimum atomic E-state index is -0.631. The van der Waals surface area contributed by atoms with E-state index >= 15 is 0 Å². The number of carbonyl (C=O) groups is 3. The molecular formula is C22H35N3O4S. The van der Waals surface area contributed by atoms with Gasteiger partial charge in [0.2, 0.25) is 17.7 Å². The molecule has 3 N–H and O–H groups in total. The highest BCUT2D eigenvalue weighted by Crippen LogP contribution is 2.68. The van der Waals surface area contributed by atoms with Crippen LogP contribution in [0.15, 0.2) is 0 Å². The van der Waals surface area contributed by atoms with E-state index < -0.39 is 28.7 Å². The van der Waals surface area contributed by atoms with E-state index in [-0.39, 0.29) is 41.5 Å². The normalized spacial score (nSPS) is 39.1. The predicted molar refractivity (Wildman–Crippen MR) is 116 cm³/mol. The number of carbonyl (C=O) groups excluding carboxylic acids is 3. The highest BCUT2D eigenvalue weighted by Gasteiger charge is 2.76. The third kappa shape index (κ3) is 3.08. The molecule has 4 aliphatic rings. The van der Waals surface area contributed by atoms with Crippen molar-refractivity contribution in [2.45, 2.75) is 86.9 Å². The molecule has 3 saturated heterocycles. The van der Waals surface area contributed by atoms with E-state index in [1.165, 1.54) is 6.42 Å². The Hall–Kier alpha value is -1.28. The number of nitrogens with zero attached hydrogens (tertiary/aromatic N) is 1. The number of aliphatic hydroxyl groups is 1. The number of aliphatic hydroxyl groups excluding tert-OH is 1. The zero-order valence-corrected chi connectivity index (χ0v) is 19.0. The molecule has 3 unspecified atom stereocenters. The third-order valence-corrected chi connectivity index (χ3v) is 10.1. The summed E-state index contributed by atoms with van der Waals surface area (Å²) in [4.78, 5) is 41.9. The standard InChI is InChI=1S/C22H35N3O4S/c1-4-14(11-26)25-18(20(28)24-13-8-6-5-7-9-13)22-12(2)10-15(30-22)16(19(27)23-3)17(22)21(25)29/h12-18,26H,4-11H2,1-3H3,(H,23,27)(H,24,28)/t12?,14-,15-,16+,17-,18?,22?/m0/s1. The van der Waals surface area contributed by atoms with Crippen LogP contribution in [-0.4, -0.2) is 69.5 Å². The number of amides is 3. The van der Waals surface area contributed by atoms with E-state index in [9.17, 15) is 19.5 Å². The molecule has 2 bridgehead atoms. The average molecular weight is 438 g/mol. The summed E-state index contributed by atoms with van der Waals surface area (Å²) in [5.41, 5.74) is 0. The predicted octanol–water partition coefficient (Wildman–Crippen LogP) is 1.29. The van der Waals surface area contributed by atoms with Crippen molar-refractivity contribution < 1.29 is 19.5 Å². The van der Waals surface area contributed by atoms with Crippen LogP contribution in [0.5, 0.6) is 0 Å². The maximum atomic E-state index is 13.8. The summed E-state index contributed by atoms with van der Waals surface area (Å²) in [6.07, 6.45) is 6.81. The first-order valence-corrected chi connectivity index (χ1v) is 12.4. The lowest BCUT2D eigenvalue weighted by molar-refractivity contribution is -0.143. The number of thioether (sulfide) groups is 1. The lowest BCUT2D eigenvalue weighted by Gasteiger charge is -2.40. The van der Waals surface area contributed by atoms with Gasteiger partial charge in [-0.25, -0.2) is 0 Å². The zero-order chi connectivity index (χ0) is 21.6. The molecule has 3 aliphatic heterocycles. The zero-order valence-electron chi connectivity index (χ0n) is 18.2. The van der Waals surface area contributed by atoms with E-state index in [1.54, 1.807) is 23.7 Å². The maximum Gasteiger partial charge on any atom is 0.244 e. The molecule has 4 rings (SSSR count). The molecule has 1 aliphatic carbocycles. The van der Waals surface area contributed by atoms with Crippen molar-refractivity contribution >= 4 is 29.5 Å². The summed E-state index contributed by atoms with van der Waals surface area (Å²) >= 11 is 1.69. The Balaban J connectivity index is 1.73. The van der Waals surface area contributed by atoms with Gasteiger partial charge >= 0.3 is 0 Å². The fourth-order valence-corrected chi connectivity index (χ4v) is 8.97. The molecule has 4 fully saturated rings. The van der Waals surface area contributed by atoms with E-state index in [0.29, 0.717) is 6.42 Å². The Morgan fingerprint density at radius 3 is 2.57 bits per heavy atom. The van der Waals surface area contributed by atoms with Crippen LogP contribution >= 0.6 is 11.8 Å². The van der Waals surface area contributed by atoms with E-state index in [1.807, 2.05) is 6.92 Å². The van der Waals surface area contributed by atoms with Crippen LogP contribution in [0.2, 0.25) is 0 Å². The second kappa shape index (κ2) is 8.34. The van der Waals surface area contributed by atoms with Gasteiger partial charge in [-0.3, -0.25) is 14.4 Å². The van der Waals surface area contributed by atoms with Gasteiger partial charge in [0.1, 0.15) is 6.04 Å². The van der Waals surface area contributed by atoms with Crippen molar-refractivity contribution in [2.75, 3.05) is 13.7 Å². The Morgan fingerprint density at radius 1 is 1.27 bits per heavy atom. The molecule has 0 aromatic rings. The Morgan fingerprint density at radius 2 is 1.97 bits per heavy atom. The quantitative estimate of drug-likeness (QED) is 0.582. The molecule has 0 aromatic carbocycles. The number of nitrogens with one attached hydrogen (secondary N) is 2. The van der Waals surface area contributed by atoms with Gasteiger partial charge in [-0.15, -0.1) is 11.8 Å². The van der Waals surface area contributed by atoms with Crippen molar-refractivity contribution in [2.24, 2.45) is 17.8 Å². The van der Waals surface area contributed by atoms with E-state index in [4.69, 9.17) is 0 Å². The number of fused-ring (bicyclic) bond motifs is 1. The Kier molecular flexibility index (Phi) is 6.10. The number of rotatable bonds is 6. The number of hydrogen-bond donors (Lipinski definition) is 3. The van der Waals surface area contributed by atoms with Gasteiger partial charge in [0, 0.05) is 18.3 Å². The van der Waals surface area contributed by atoms with Crippen molar-refractivity contribution in [1.82, 2.24) is 15.5 Å². The molecule has 0 aromatic heterocycles. The van der Waals surface area contributed by atoms with E-state index in [0.717, 1.165) is 32.1 Å². The Labute approximate surface area is 183 Å². The summed E-state index contributed by atoms with van der Waals surface area (Å²) in [5.74, 6) is -1.08. The summed E-state index contributed by atoms with van der Waals surface area (Å²) in [6, 6.07) is -0.882. The first-order valence-electron chi connectivity index (χ1n) is 11.5. The molecular weight excluding hydrogens is 402 g/mol. The Bertz CT molecular complexity index is 708. The molecule has 8 heteroatoms. The summed E-state index contributed by atoms with van der Waals surface area (Å²) in [6.45, 7) is 3.88. The molecule has 3 heterocycles. The smallest absolute Gasteiger partial charge is 0.244 e. The lowest BCUT2D eigenvalue weighted by atomic mass is 9.66. The van der Waals surface area contributed by atoms with Crippen LogP contribution in [0.4, 0.5) is 0 Å². The van der Waals surface area contributed by atoms with Gasteiger partial charge in [0.25, 0.3) is 0 Å². The topological polar surface area (TPSA) is 98.7 Å². The second-order valence-corrected chi connectivity index (χ2v) is 11.0. The maximum absolute atomic E-state index is 13.8. The van der Waals surface area contributed by atoms with Crippen molar-refractivity contribution in [3.63, 3.8) is 0 Å². The van der Waals surface area contributed by atoms with Gasteiger partial charge in [-0.05, 0) is 31.6 Å². The average Bonchev–Trinajstić information content (AvgIpc) is 3.33. The lowest BCUT2D eigenvalue weighted by Crippen LogP contribution is -2.59. The molecule has 0 radical (unpaired) electrons. The highest BCUT2D eigenvalue weighted by molar-refractivity contribution is 8.02. The van der Waals surface area contributed by atoms with Gasteiger partial charge in [-0.1, -0.05) is 33.1 Å². The van der Waals surface area contributed by atoms with Crippen molar-refractivity contribution in [3.05, 3.63) is 0 Å². The molecule has 1 saturated carbocycles. The summed E-state index contributed by atoms with van der Waals surface area (Å²) in [7, 11) is 1.61. The van der Waals surface area contributed by atoms with Crippen LogP contribution in [0.3, 0.4) is 0 Å². The number of likely N-dealkylation sites (tertiary alicyclic amines) is 1. The van der Waals surface area contributed by atoms with Crippen LogP contribution in [0.1, 0.15) is 58.8 Å². The minimum absolute atomic E-state index is 0.0650. The summed E-state index contributed by atoms with van der Waals surface area (Å²) in [5, 5.41) is 16.1. The first kappa shape index (κ1) is 21.9. The molecule has 1 spiro atoms. The fourth-order valence-electron chi connectivity index (χ4n) is 6.56. The summed E-state index contributed by atoms with van der Waals surface area (Å²) < 4.78 is -0.597. The third-order valence-electron chi connectivity index (χ3n) is 8.01. The second-order valence-electron chi connectivity index (χ2n) is 9.50. The van der Waals surface area contributed by atoms with Crippen LogP contribution < -0.4 is 10.6 Å². The molecule has 7 nitrogen and oxygen atoms in total. The fraction of sp³-hybridized carbons (Fsp3) is 0.864. The molecule has 7 atom stereocenters. The van der Waals surface area contributed by atoms with Gasteiger partial charge < -0.3 is 20.6 Å². The number of hydrogen-bond acceptors (Lipinski definition) is 5. The highest BCUT2D eigenvalue weighted by atomic mass is 32.2. The van der Waals surface area contributed by atoms with Crippen LogP contribution in [0.25, 0.3) is 0 Å². The van der Waals surface area contributed by atoms with Crippen LogP contribution in [-0.2, 0) is 14.4 Å². The minimum Gasteiger partial charge on any atom is -0.394 e. The van der Waals surface area contributed by atoms with Crippen molar-refractivity contribution in [1.29, 1.82) is 0 Å². The monoisotopic (exact) mass is 437 g/mol. The largest absolute Gasteiger partial charge is 0.394 e. The molecule has 168 valence electrons. The van der Waals surface area contributed by atoms with Crippen molar-refractivity contribution in [3.8, 4) is 0 Å². The van der Waals surface area contributed by atoms with Gasteiger partial charge in [0.15, 0.2) is 0 Å². The SMILES string of the molecule is CC[C@@H](CO)N1C(=O)[C@@H]2[C@H](C(=O)NC)[C@@H]3CC(C)C2(S3)C1C(=O)NC1CCCCC1.